The predicted molar refractivity (Wildman–Crippen MR) is 92.8 cm³/mol. The Kier molecular flexibility index (Phi) is 5.40. The molecule has 23 heavy (non-hydrogen) atoms. The van der Waals surface area contributed by atoms with Crippen LogP contribution in [-0.2, 0) is 4.79 Å². The summed E-state index contributed by atoms with van der Waals surface area (Å²) in [5.74, 6) is -0.373. The maximum Gasteiger partial charge on any atom is 0.251 e. The summed E-state index contributed by atoms with van der Waals surface area (Å²) in [4.78, 5) is 23.6. The topological polar surface area (TPSA) is 58.2 Å². The van der Waals surface area contributed by atoms with Crippen LogP contribution in [0.15, 0.2) is 42.5 Å². The fourth-order valence-corrected chi connectivity index (χ4v) is 2.43. The molecule has 0 aliphatic heterocycles. The Hall–Kier alpha value is -2.33. The number of carbonyl (C=O) groups excluding carboxylic acids is 2. The highest BCUT2D eigenvalue weighted by Crippen LogP contribution is 2.20. The van der Waals surface area contributed by atoms with Crippen LogP contribution in [0, 0.1) is 6.92 Å². The van der Waals surface area contributed by atoms with Crippen LogP contribution in [0.2, 0.25) is 5.02 Å². The van der Waals surface area contributed by atoms with E-state index < -0.39 is 0 Å². The van der Waals surface area contributed by atoms with E-state index in [1.807, 2.05) is 38.1 Å². The molecule has 0 bridgehead atoms. The van der Waals surface area contributed by atoms with Gasteiger partial charge in [0, 0.05) is 23.2 Å². The summed E-state index contributed by atoms with van der Waals surface area (Å²) in [6.07, 6.45) is 0. The molecule has 0 unspecified atom stereocenters. The van der Waals surface area contributed by atoms with Gasteiger partial charge < -0.3 is 10.6 Å². The van der Waals surface area contributed by atoms with Gasteiger partial charge in [0.15, 0.2) is 0 Å². The molecule has 0 fully saturated rings. The summed E-state index contributed by atoms with van der Waals surface area (Å²) in [5, 5.41) is 6.29. The molecule has 1 atom stereocenters. The van der Waals surface area contributed by atoms with Gasteiger partial charge in [-0.15, -0.1) is 0 Å². The summed E-state index contributed by atoms with van der Waals surface area (Å²) in [5.41, 5.74) is 2.97. The molecule has 0 saturated heterocycles. The maximum atomic E-state index is 12.4. The number of anilines is 1. The molecule has 2 amide bonds. The van der Waals surface area contributed by atoms with Gasteiger partial charge >= 0.3 is 0 Å². The normalized spacial score (nSPS) is 11.7. The van der Waals surface area contributed by atoms with Gasteiger partial charge in [0.2, 0.25) is 5.91 Å². The number of carbonyl (C=O) groups is 2. The van der Waals surface area contributed by atoms with Crippen molar-refractivity contribution in [1.29, 1.82) is 0 Å². The lowest BCUT2D eigenvalue weighted by Crippen LogP contribution is -2.26. The van der Waals surface area contributed by atoms with E-state index in [0.717, 1.165) is 11.1 Å². The van der Waals surface area contributed by atoms with Crippen molar-refractivity contribution in [2.24, 2.45) is 0 Å². The molecule has 2 aromatic carbocycles. The monoisotopic (exact) mass is 330 g/mol. The third kappa shape index (κ3) is 4.57. The number of rotatable bonds is 4. The average Bonchev–Trinajstić information content (AvgIpc) is 2.48. The van der Waals surface area contributed by atoms with Gasteiger partial charge in [-0.3, -0.25) is 9.59 Å². The molecule has 0 heterocycles. The highest BCUT2D eigenvalue weighted by atomic mass is 35.5. The van der Waals surface area contributed by atoms with E-state index in [-0.39, 0.29) is 17.9 Å². The largest absolute Gasteiger partial charge is 0.346 e. The zero-order chi connectivity index (χ0) is 17.0. The van der Waals surface area contributed by atoms with E-state index in [9.17, 15) is 9.59 Å². The molecule has 5 heteroatoms. The second kappa shape index (κ2) is 7.29. The first-order chi connectivity index (χ1) is 10.9. The lowest BCUT2D eigenvalue weighted by Gasteiger charge is -2.15. The number of nitrogens with one attached hydrogen (secondary N) is 2. The summed E-state index contributed by atoms with van der Waals surface area (Å²) in [6.45, 7) is 5.21. The van der Waals surface area contributed by atoms with Crippen LogP contribution in [0.25, 0.3) is 0 Å². The standard InChI is InChI=1S/C18H19ClN2O2/c1-11-7-8-15(10-17(11)21-13(3)22)18(23)20-12(2)14-5-4-6-16(19)9-14/h4-10,12H,1-3H3,(H,20,23)(H,21,22)/t12-/m1/s1. The van der Waals surface area contributed by atoms with E-state index in [0.29, 0.717) is 16.3 Å². The molecule has 4 nitrogen and oxygen atoms in total. The van der Waals surface area contributed by atoms with Crippen molar-refractivity contribution in [2.45, 2.75) is 26.8 Å². The van der Waals surface area contributed by atoms with Gasteiger partial charge in [-0.05, 0) is 49.2 Å². The second-order valence-corrected chi connectivity index (χ2v) is 5.90. The van der Waals surface area contributed by atoms with Gasteiger partial charge in [0.05, 0.1) is 6.04 Å². The van der Waals surface area contributed by atoms with Crippen LogP contribution in [0.3, 0.4) is 0 Å². The van der Waals surface area contributed by atoms with Crippen LogP contribution >= 0.6 is 11.6 Å². The lowest BCUT2D eigenvalue weighted by atomic mass is 10.1. The number of amides is 2. The Bertz CT molecular complexity index is 744. The number of aryl methyl sites for hydroxylation is 1. The smallest absolute Gasteiger partial charge is 0.251 e. The molecule has 0 radical (unpaired) electrons. The summed E-state index contributed by atoms with van der Waals surface area (Å²) in [7, 11) is 0. The highest BCUT2D eigenvalue weighted by Gasteiger charge is 2.13. The van der Waals surface area contributed by atoms with Gasteiger partial charge in [0.25, 0.3) is 5.91 Å². The van der Waals surface area contributed by atoms with E-state index in [1.54, 1.807) is 18.2 Å². The van der Waals surface area contributed by atoms with E-state index in [4.69, 9.17) is 11.6 Å². The summed E-state index contributed by atoms with van der Waals surface area (Å²) < 4.78 is 0. The molecule has 0 aliphatic rings. The van der Waals surface area contributed by atoms with E-state index in [1.165, 1.54) is 6.92 Å². The first kappa shape index (κ1) is 17.0. The van der Waals surface area contributed by atoms with Crippen molar-refractivity contribution in [1.82, 2.24) is 5.32 Å². The Morgan fingerprint density at radius 3 is 2.52 bits per heavy atom. The molecular formula is C18H19ClN2O2. The quantitative estimate of drug-likeness (QED) is 0.886. The van der Waals surface area contributed by atoms with Crippen molar-refractivity contribution in [3.63, 3.8) is 0 Å². The molecule has 0 aromatic heterocycles. The van der Waals surface area contributed by atoms with Crippen molar-refractivity contribution in [2.75, 3.05) is 5.32 Å². The molecule has 2 aromatic rings. The number of hydrogen-bond acceptors (Lipinski definition) is 2. The minimum atomic E-state index is -0.205. The fraction of sp³-hybridized carbons (Fsp3) is 0.222. The Balaban J connectivity index is 2.15. The number of benzene rings is 2. The summed E-state index contributed by atoms with van der Waals surface area (Å²) >= 11 is 5.98. The number of hydrogen-bond donors (Lipinski definition) is 2. The SMILES string of the molecule is CC(=O)Nc1cc(C(=O)N[C@H](C)c2cccc(Cl)c2)ccc1C. The Morgan fingerprint density at radius 2 is 1.87 bits per heavy atom. The lowest BCUT2D eigenvalue weighted by molar-refractivity contribution is -0.114. The molecule has 2 N–H and O–H groups in total. The third-order valence-electron chi connectivity index (χ3n) is 3.51. The van der Waals surface area contributed by atoms with Gasteiger partial charge in [-0.2, -0.15) is 0 Å². The first-order valence-electron chi connectivity index (χ1n) is 7.31. The van der Waals surface area contributed by atoms with E-state index in [2.05, 4.69) is 10.6 Å². The molecule has 120 valence electrons. The molecule has 0 saturated carbocycles. The molecule has 0 spiro atoms. The molecule has 0 aliphatic carbocycles. The second-order valence-electron chi connectivity index (χ2n) is 5.46. The van der Waals surface area contributed by atoms with Crippen molar-refractivity contribution >= 4 is 29.1 Å². The highest BCUT2D eigenvalue weighted by molar-refractivity contribution is 6.30. The summed E-state index contributed by atoms with van der Waals surface area (Å²) in [6, 6.07) is 12.4. The minimum absolute atomic E-state index is 0.169. The Labute approximate surface area is 140 Å². The fourth-order valence-electron chi connectivity index (χ4n) is 2.23. The van der Waals surface area contributed by atoms with Crippen molar-refractivity contribution in [3.05, 3.63) is 64.2 Å². The first-order valence-corrected chi connectivity index (χ1v) is 7.69. The third-order valence-corrected chi connectivity index (χ3v) is 3.74. The predicted octanol–water partition coefficient (Wildman–Crippen LogP) is 4.10. The number of halogens is 1. The maximum absolute atomic E-state index is 12.4. The van der Waals surface area contributed by atoms with Crippen LogP contribution < -0.4 is 10.6 Å². The van der Waals surface area contributed by atoms with Gasteiger partial charge in [-0.25, -0.2) is 0 Å². The van der Waals surface area contributed by atoms with Crippen molar-refractivity contribution < 1.29 is 9.59 Å². The zero-order valence-electron chi connectivity index (χ0n) is 13.3. The van der Waals surface area contributed by atoms with Gasteiger partial charge in [0.1, 0.15) is 0 Å². The molecular weight excluding hydrogens is 312 g/mol. The van der Waals surface area contributed by atoms with Crippen LogP contribution in [0.4, 0.5) is 5.69 Å². The van der Waals surface area contributed by atoms with Crippen LogP contribution in [-0.4, -0.2) is 11.8 Å². The Morgan fingerprint density at radius 1 is 1.13 bits per heavy atom. The van der Waals surface area contributed by atoms with Crippen LogP contribution in [0.1, 0.15) is 41.4 Å². The minimum Gasteiger partial charge on any atom is -0.346 e. The van der Waals surface area contributed by atoms with Gasteiger partial charge in [-0.1, -0.05) is 29.8 Å². The van der Waals surface area contributed by atoms with E-state index >= 15 is 0 Å². The molecule has 2 rings (SSSR count). The zero-order valence-corrected chi connectivity index (χ0v) is 14.1. The van der Waals surface area contributed by atoms with Crippen LogP contribution in [0.5, 0.6) is 0 Å². The average molecular weight is 331 g/mol. The van der Waals surface area contributed by atoms with Crippen molar-refractivity contribution in [3.8, 4) is 0 Å².